The molecule has 96 valence electrons. The Labute approximate surface area is 108 Å². The molecule has 2 rings (SSSR count). The minimum atomic E-state index is 0.332. The van der Waals surface area contributed by atoms with Gasteiger partial charge >= 0.3 is 0 Å². The highest BCUT2D eigenvalue weighted by Gasteiger charge is 2.22. The summed E-state index contributed by atoms with van der Waals surface area (Å²) in [7, 11) is 0. The van der Waals surface area contributed by atoms with Gasteiger partial charge in [-0.1, -0.05) is 71.9 Å². The normalized spacial score (nSPS) is 15.4. The fourth-order valence-electron chi connectivity index (χ4n) is 2.26. The lowest BCUT2D eigenvalue weighted by Crippen LogP contribution is -2.17. The van der Waals surface area contributed by atoms with Crippen LogP contribution in [0.1, 0.15) is 59.6 Å². The number of allylic oxidation sites excluding steroid dienone is 2. The van der Waals surface area contributed by atoms with Crippen molar-refractivity contribution in [1.82, 2.24) is 0 Å². The molecule has 1 aromatic rings. The predicted molar refractivity (Wildman–Crippen MR) is 80.3 cm³/mol. The van der Waals surface area contributed by atoms with Crippen molar-refractivity contribution in [2.45, 2.75) is 54.9 Å². The van der Waals surface area contributed by atoms with E-state index in [4.69, 9.17) is 0 Å². The number of hydrogen-bond acceptors (Lipinski definition) is 0. The molecule has 0 N–H and O–H groups in total. The summed E-state index contributed by atoms with van der Waals surface area (Å²) in [6.07, 6.45) is 3.55. The second-order valence-electron chi connectivity index (χ2n) is 4.65. The Bertz CT molecular complexity index is 356. The molecule has 0 atom stereocenters. The van der Waals surface area contributed by atoms with Gasteiger partial charge in [-0.2, -0.15) is 0 Å². The molecule has 0 aromatic heterocycles. The van der Waals surface area contributed by atoms with Gasteiger partial charge < -0.3 is 0 Å². The summed E-state index contributed by atoms with van der Waals surface area (Å²) in [5, 5.41) is 0. The first-order chi connectivity index (χ1) is 8.08. The van der Waals surface area contributed by atoms with Crippen LogP contribution in [-0.4, -0.2) is 0 Å². The van der Waals surface area contributed by atoms with Crippen molar-refractivity contribution in [3.8, 4) is 0 Å². The third kappa shape index (κ3) is 4.38. The van der Waals surface area contributed by atoms with E-state index in [1.54, 1.807) is 0 Å². The average Bonchev–Trinajstić information content (AvgIpc) is 2.33. The quantitative estimate of drug-likeness (QED) is 0.536. The summed E-state index contributed by atoms with van der Waals surface area (Å²) in [4.78, 5) is 0. The third-order valence-corrected chi connectivity index (χ3v) is 2.70. The second-order valence-corrected chi connectivity index (χ2v) is 4.65. The van der Waals surface area contributed by atoms with E-state index in [1.165, 1.54) is 23.1 Å². The summed E-state index contributed by atoms with van der Waals surface area (Å²) in [6.45, 7) is 14.8. The largest absolute Gasteiger partial charge is 0.0750 e. The minimum Gasteiger partial charge on any atom is -0.0750 e. The molecule has 0 radical (unpaired) electrons. The zero-order chi connectivity index (χ0) is 13.5. The first kappa shape index (κ1) is 16.0. The smallest absolute Gasteiger partial charge is 0.0128 e. The van der Waals surface area contributed by atoms with E-state index in [-0.39, 0.29) is 0 Å². The summed E-state index contributed by atoms with van der Waals surface area (Å²) in [5.41, 5.74) is 4.68. The molecular formula is C17H28. The van der Waals surface area contributed by atoms with E-state index < -0.39 is 0 Å². The average molecular weight is 232 g/mol. The Morgan fingerprint density at radius 1 is 0.941 bits per heavy atom. The van der Waals surface area contributed by atoms with Crippen molar-refractivity contribution in [2.75, 3.05) is 0 Å². The summed E-state index contributed by atoms with van der Waals surface area (Å²) >= 11 is 0. The maximum absolute atomic E-state index is 2.38. The van der Waals surface area contributed by atoms with E-state index in [2.05, 4.69) is 51.1 Å². The van der Waals surface area contributed by atoms with Crippen LogP contribution in [0.2, 0.25) is 0 Å². The predicted octanol–water partition coefficient (Wildman–Crippen LogP) is 5.72. The first-order valence-corrected chi connectivity index (χ1v) is 6.86. The molecule has 0 saturated carbocycles. The maximum Gasteiger partial charge on any atom is -0.0128 e. The van der Waals surface area contributed by atoms with Crippen LogP contribution in [0.4, 0.5) is 0 Å². The Balaban J connectivity index is 0.000000581. The molecule has 0 heteroatoms. The van der Waals surface area contributed by atoms with E-state index in [1.807, 2.05) is 27.7 Å². The van der Waals surface area contributed by atoms with Crippen LogP contribution in [0.3, 0.4) is 0 Å². The Hall–Kier alpha value is -1.04. The second kappa shape index (κ2) is 7.32. The lowest BCUT2D eigenvalue weighted by molar-refractivity contribution is 0.472. The molecule has 0 amide bonds. The van der Waals surface area contributed by atoms with Gasteiger partial charge in [0.15, 0.2) is 0 Å². The lowest BCUT2D eigenvalue weighted by Gasteiger charge is -2.28. The number of hydrogen-bond donors (Lipinski definition) is 0. The van der Waals surface area contributed by atoms with E-state index in [0.717, 1.165) is 0 Å². The molecule has 0 nitrogen and oxygen atoms in total. The molecule has 0 fully saturated rings. The van der Waals surface area contributed by atoms with Gasteiger partial charge in [-0.25, -0.2) is 0 Å². The maximum atomic E-state index is 2.38. The molecule has 1 aliphatic carbocycles. The summed E-state index contributed by atoms with van der Waals surface area (Å²) in [6, 6.07) is 8.71. The Kier molecular flexibility index (Phi) is 6.87. The molecule has 1 aromatic carbocycles. The van der Waals surface area contributed by atoms with Crippen LogP contribution in [-0.2, 0) is 6.42 Å². The van der Waals surface area contributed by atoms with E-state index >= 15 is 0 Å². The van der Waals surface area contributed by atoms with Gasteiger partial charge in [0.1, 0.15) is 0 Å². The molecule has 0 unspecified atom stereocenters. The molecule has 0 saturated heterocycles. The highest BCUT2D eigenvalue weighted by atomic mass is 14.3. The Morgan fingerprint density at radius 2 is 1.47 bits per heavy atom. The molecule has 17 heavy (non-hydrogen) atoms. The van der Waals surface area contributed by atoms with Crippen LogP contribution in [0.5, 0.6) is 0 Å². The highest BCUT2D eigenvalue weighted by Crippen LogP contribution is 2.35. The van der Waals surface area contributed by atoms with Gasteiger partial charge in [-0.05, 0) is 35.5 Å². The molecule has 0 aliphatic heterocycles. The standard InChI is InChI=1S/C13H16.2C2H6/c1-10-8-13(2,3)9-11-6-4-5-7-12(10)11;2*1-2/h4-8H,9H2,1-3H3;2*1-2H3. The van der Waals surface area contributed by atoms with Gasteiger partial charge in [-0.3, -0.25) is 0 Å². The van der Waals surface area contributed by atoms with E-state index in [9.17, 15) is 0 Å². The number of rotatable bonds is 0. The molecule has 0 bridgehead atoms. The zero-order valence-electron chi connectivity index (χ0n) is 12.6. The number of fused-ring (bicyclic) bond motifs is 1. The van der Waals surface area contributed by atoms with Crippen LogP contribution in [0, 0.1) is 5.41 Å². The van der Waals surface area contributed by atoms with Crippen molar-refractivity contribution in [2.24, 2.45) is 5.41 Å². The molecule has 1 aliphatic rings. The minimum absolute atomic E-state index is 0.332. The zero-order valence-corrected chi connectivity index (χ0v) is 12.6. The molecule has 0 heterocycles. The molecule has 0 spiro atoms. The Morgan fingerprint density at radius 3 is 2.06 bits per heavy atom. The van der Waals surface area contributed by atoms with Crippen LogP contribution >= 0.6 is 0 Å². The van der Waals surface area contributed by atoms with E-state index in [0.29, 0.717) is 5.41 Å². The fraction of sp³-hybridized carbons (Fsp3) is 0.529. The van der Waals surface area contributed by atoms with Gasteiger partial charge in [0.2, 0.25) is 0 Å². The van der Waals surface area contributed by atoms with Crippen LogP contribution < -0.4 is 0 Å². The van der Waals surface area contributed by atoms with Crippen molar-refractivity contribution in [3.05, 3.63) is 41.5 Å². The molecular weight excluding hydrogens is 204 g/mol. The lowest BCUT2D eigenvalue weighted by atomic mass is 9.77. The van der Waals surface area contributed by atoms with Crippen LogP contribution in [0.15, 0.2) is 30.3 Å². The number of benzene rings is 1. The topological polar surface area (TPSA) is 0 Å². The van der Waals surface area contributed by atoms with Crippen molar-refractivity contribution >= 4 is 5.57 Å². The summed E-state index contributed by atoms with van der Waals surface area (Å²) < 4.78 is 0. The van der Waals surface area contributed by atoms with Gasteiger partial charge in [0.05, 0.1) is 0 Å². The van der Waals surface area contributed by atoms with Crippen molar-refractivity contribution in [3.63, 3.8) is 0 Å². The van der Waals surface area contributed by atoms with Crippen LogP contribution in [0.25, 0.3) is 5.57 Å². The van der Waals surface area contributed by atoms with Gasteiger partial charge in [-0.15, -0.1) is 0 Å². The monoisotopic (exact) mass is 232 g/mol. The fourth-order valence-corrected chi connectivity index (χ4v) is 2.26. The SMILES string of the molecule is CC.CC.CC1=CC(C)(C)Cc2ccccc21. The third-order valence-electron chi connectivity index (χ3n) is 2.70. The highest BCUT2D eigenvalue weighted by molar-refractivity contribution is 5.69. The first-order valence-electron chi connectivity index (χ1n) is 6.86. The van der Waals surface area contributed by atoms with Crippen molar-refractivity contribution < 1.29 is 0 Å². The summed E-state index contributed by atoms with van der Waals surface area (Å²) in [5.74, 6) is 0. The van der Waals surface area contributed by atoms with Crippen molar-refractivity contribution in [1.29, 1.82) is 0 Å². The van der Waals surface area contributed by atoms with Gasteiger partial charge in [0.25, 0.3) is 0 Å². The van der Waals surface area contributed by atoms with Gasteiger partial charge in [0, 0.05) is 0 Å².